The third-order valence-electron chi connectivity index (χ3n) is 11.5. The van der Waals surface area contributed by atoms with Crippen LogP contribution < -0.4 is 0 Å². The summed E-state index contributed by atoms with van der Waals surface area (Å²) >= 11 is 0. The Kier molecular flexibility index (Phi) is 7.45. The molecule has 11 rings (SSSR count). The Morgan fingerprint density at radius 2 is 1.09 bits per heavy atom. The molecule has 0 spiro atoms. The van der Waals surface area contributed by atoms with Crippen LogP contribution in [0.3, 0.4) is 0 Å². The van der Waals surface area contributed by atoms with Gasteiger partial charge in [0.1, 0.15) is 0 Å². The molecule has 0 radical (unpaired) electrons. The Balaban J connectivity index is 1.03. The molecule has 0 amide bonds. The lowest BCUT2D eigenvalue weighted by Crippen LogP contribution is -2.16. The van der Waals surface area contributed by atoms with Crippen LogP contribution >= 0.6 is 0 Å². The second kappa shape index (κ2) is 12.9. The van der Waals surface area contributed by atoms with Gasteiger partial charge in [-0.1, -0.05) is 117 Å². The Labute approximate surface area is 330 Å². The summed E-state index contributed by atoms with van der Waals surface area (Å²) in [5.74, 6) is 0. The van der Waals surface area contributed by atoms with E-state index in [2.05, 4.69) is 145 Å². The first-order valence-electron chi connectivity index (χ1n) is 19.3. The number of para-hydroxylation sites is 1. The number of benzene rings is 5. The third kappa shape index (κ3) is 5.35. The lowest BCUT2D eigenvalue weighted by Gasteiger charge is -2.25. The first kappa shape index (κ1) is 33.0. The number of nitrogens with zero attached hydrogens (tertiary/aromatic N) is 5. The van der Waals surface area contributed by atoms with Crippen LogP contribution in [0.5, 0.6) is 0 Å². The van der Waals surface area contributed by atoms with Crippen LogP contribution in [0.4, 0.5) is 0 Å². The van der Waals surface area contributed by atoms with E-state index >= 15 is 0 Å². The molecule has 0 fully saturated rings. The van der Waals surface area contributed by atoms with Crippen LogP contribution in [-0.4, -0.2) is 24.9 Å². The maximum Gasteiger partial charge on any atom is 0.0979 e. The molecular formula is C52H35N5. The molecular weight excluding hydrogens is 695 g/mol. The van der Waals surface area contributed by atoms with Crippen LogP contribution in [0.2, 0.25) is 0 Å². The number of rotatable bonds is 5. The van der Waals surface area contributed by atoms with Crippen molar-refractivity contribution in [2.45, 2.75) is 19.3 Å². The standard InChI is InChI=1S/C52H35N5/c1-52(2)41-16-5-3-14-38(41)50-48(52)47(39-15-4-6-17-42(39)55-50)33-22-20-32(21-23-33)34-12-11-13-35(30-34)40-31-36-24-26-45(43-18-7-9-28-53-43)56-49(36)51-37(40)25-27-46(57-51)44-19-8-10-29-54-44/h3-31H,1-2H3. The second-order valence-electron chi connectivity index (χ2n) is 15.3. The fraction of sp³-hybridized carbons (Fsp3) is 0.0577. The summed E-state index contributed by atoms with van der Waals surface area (Å²) in [6.45, 7) is 4.66. The van der Waals surface area contributed by atoms with E-state index in [1.165, 1.54) is 33.2 Å². The van der Waals surface area contributed by atoms with Crippen LogP contribution in [0, 0.1) is 0 Å². The van der Waals surface area contributed by atoms with Gasteiger partial charge in [0, 0.05) is 39.5 Å². The van der Waals surface area contributed by atoms with Crippen molar-refractivity contribution in [3.05, 3.63) is 187 Å². The summed E-state index contributed by atoms with van der Waals surface area (Å²) in [6.07, 6.45) is 3.60. The molecule has 1 aliphatic rings. The van der Waals surface area contributed by atoms with Gasteiger partial charge < -0.3 is 0 Å². The fourth-order valence-electron chi connectivity index (χ4n) is 8.80. The number of fused-ring (bicyclic) bond motifs is 7. The normalized spacial score (nSPS) is 12.9. The molecule has 0 aliphatic heterocycles. The molecule has 5 aromatic carbocycles. The van der Waals surface area contributed by atoms with Gasteiger partial charge in [-0.05, 0) is 105 Å². The lowest BCUT2D eigenvalue weighted by molar-refractivity contribution is 0.662. The van der Waals surface area contributed by atoms with E-state index in [1.54, 1.807) is 12.4 Å². The Bertz CT molecular complexity index is 3190. The summed E-state index contributed by atoms with van der Waals surface area (Å²) < 4.78 is 0. The monoisotopic (exact) mass is 729 g/mol. The van der Waals surface area contributed by atoms with E-state index in [0.717, 1.165) is 78.0 Å². The Morgan fingerprint density at radius 3 is 1.86 bits per heavy atom. The van der Waals surface area contributed by atoms with Gasteiger partial charge in [0.15, 0.2) is 0 Å². The molecule has 5 heteroatoms. The van der Waals surface area contributed by atoms with Crippen molar-refractivity contribution in [2.75, 3.05) is 0 Å². The highest BCUT2D eigenvalue weighted by atomic mass is 14.8. The number of hydrogen-bond acceptors (Lipinski definition) is 5. The van der Waals surface area contributed by atoms with Gasteiger partial charge in [-0.25, -0.2) is 15.0 Å². The van der Waals surface area contributed by atoms with Crippen LogP contribution in [0.15, 0.2) is 176 Å². The molecule has 0 N–H and O–H groups in total. The smallest absolute Gasteiger partial charge is 0.0979 e. The Morgan fingerprint density at radius 1 is 0.421 bits per heavy atom. The average Bonchev–Trinajstić information content (AvgIpc) is 3.51. The van der Waals surface area contributed by atoms with Gasteiger partial charge >= 0.3 is 0 Å². The minimum atomic E-state index is -0.184. The van der Waals surface area contributed by atoms with Gasteiger partial charge in [0.2, 0.25) is 0 Å². The quantitative estimate of drug-likeness (QED) is 0.165. The summed E-state index contributed by atoms with van der Waals surface area (Å²) in [4.78, 5) is 24.8. The largest absolute Gasteiger partial charge is 0.255 e. The van der Waals surface area contributed by atoms with E-state index in [0.29, 0.717) is 0 Å². The highest BCUT2D eigenvalue weighted by molar-refractivity contribution is 6.11. The molecule has 0 saturated carbocycles. The van der Waals surface area contributed by atoms with Crippen molar-refractivity contribution in [3.63, 3.8) is 0 Å². The van der Waals surface area contributed by atoms with Gasteiger partial charge in [0.05, 0.1) is 45.0 Å². The first-order valence-corrected chi connectivity index (χ1v) is 19.3. The van der Waals surface area contributed by atoms with E-state index in [-0.39, 0.29) is 5.41 Å². The van der Waals surface area contributed by atoms with Crippen LogP contribution in [0.25, 0.3) is 100 Å². The molecule has 10 aromatic rings. The molecule has 5 aromatic heterocycles. The molecule has 5 nitrogen and oxygen atoms in total. The maximum absolute atomic E-state index is 5.25. The van der Waals surface area contributed by atoms with Gasteiger partial charge in [-0.15, -0.1) is 0 Å². The number of hydrogen-bond donors (Lipinski definition) is 0. The van der Waals surface area contributed by atoms with Crippen LogP contribution in [0.1, 0.15) is 25.0 Å². The van der Waals surface area contributed by atoms with Crippen LogP contribution in [-0.2, 0) is 5.41 Å². The summed E-state index contributed by atoms with van der Waals surface area (Å²) in [5, 5.41) is 3.22. The number of pyridine rings is 5. The Hall–Kier alpha value is -7.37. The lowest BCUT2D eigenvalue weighted by atomic mass is 9.78. The van der Waals surface area contributed by atoms with Crippen molar-refractivity contribution in [1.29, 1.82) is 0 Å². The minimum Gasteiger partial charge on any atom is -0.255 e. The molecule has 57 heavy (non-hydrogen) atoms. The molecule has 0 unspecified atom stereocenters. The van der Waals surface area contributed by atoms with E-state index in [4.69, 9.17) is 15.0 Å². The van der Waals surface area contributed by atoms with Gasteiger partial charge in [-0.3, -0.25) is 9.97 Å². The van der Waals surface area contributed by atoms with Crippen molar-refractivity contribution in [1.82, 2.24) is 24.9 Å². The highest BCUT2D eigenvalue weighted by Crippen LogP contribution is 2.53. The number of aromatic nitrogens is 5. The molecule has 268 valence electrons. The fourth-order valence-corrected chi connectivity index (χ4v) is 8.80. The van der Waals surface area contributed by atoms with E-state index in [1.807, 2.05) is 42.5 Å². The van der Waals surface area contributed by atoms with Gasteiger partial charge in [0.25, 0.3) is 0 Å². The molecule has 0 saturated heterocycles. The molecule has 1 aliphatic carbocycles. The zero-order chi connectivity index (χ0) is 38.1. The first-order chi connectivity index (χ1) is 28.0. The predicted molar refractivity (Wildman–Crippen MR) is 233 cm³/mol. The van der Waals surface area contributed by atoms with Crippen molar-refractivity contribution >= 4 is 32.7 Å². The predicted octanol–water partition coefficient (Wildman–Crippen LogP) is 12.8. The van der Waals surface area contributed by atoms with Crippen molar-refractivity contribution in [2.24, 2.45) is 0 Å². The zero-order valence-electron chi connectivity index (χ0n) is 31.5. The second-order valence-corrected chi connectivity index (χ2v) is 15.3. The van der Waals surface area contributed by atoms with E-state index < -0.39 is 0 Å². The average molecular weight is 730 g/mol. The summed E-state index contributed by atoms with van der Waals surface area (Å²) in [5.41, 5.74) is 17.7. The van der Waals surface area contributed by atoms with Gasteiger partial charge in [-0.2, -0.15) is 0 Å². The molecule has 0 bridgehead atoms. The minimum absolute atomic E-state index is 0.184. The van der Waals surface area contributed by atoms with Crippen molar-refractivity contribution < 1.29 is 0 Å². The zero-order valence-corrected chi connectivity index (χ0v) is 31.5. The highest BCUT2D eigenvalue weighted by Gasteiger charge is 2.39. The summed E-state index contributed by atoms with van der Waals surface area (Å²) in [6, 6.07) is 57.6. The topological polar surface area (TPSA) is 64.5 Å². The maximum atomic E-state index is 5.25. The molecule has 5 heterocycles. The SMILES string of the molecule is CC1(C)c2ccccc2-c2nc3ccccc3c(-c3ccc(-c4cccc(-c5cc6ccc(-c7ccccn7)nc6c6nc(-c7ccccn7)ccc56)c4)cc3)c21. The van der Waals surface area contributed by atoms with E-state index in [9.17, 15) is 0 Å². The summed E-state index contributed by atoms with van der Waals surface area (Å²) in [7, 11) is 0. The third-order valence-corrected chi connectivity index (χ3v) is 11.5. The van der Waals surface area contributed by atoms with Crippen molar-refractivity contribution in [3.8, 4) is 67.4 Å². The molecule has 0 atom stereocenters.